The highest BCUT2D eigenvalue weighted by Crippen LogP contribution is 2.39. The van der Waals surface area contributed by atoms with Crippen LogP contribution in [-0.2, 0) is 4.74 Å². The normalized spacial score (nSPS) is 17.2. The lowest BCUT2D eigenvalue weighted by Gasteiger charge is -2.19. The van der Waals surface area contributed by atoms with Crippen LogP contribution in [0, 0.1) is 0 Å². The first-order valence-electron chi connectivity index (χ1n) is 12.6. The molecular formula is C26H30N8O4. The molecule has 38 heavy (non-hydrogen) atoms. The third-order valence-electron chi connectivity index (χ3n) is 6.15. The number of nitrogens with zero attached hydrogens (tertiary/aromatic N) is 5. The molecule has 0 radical (unpaired) electrons. The first-order valence-corrected chi connectivity index (χ1v) is 12.6. The van der Waals surface area contributed by atoms with Gasteiger partial charge in [-0.1, -0.05) is 0 Å². The van der Waals surface area contributed by atoms with E-state index in [-0.39, 0.29) is 41.5 Å². The molecular weight excluding hydrogens is 488 g/mol. The molecule has 5 rings (SSSR count). The zero-order chi connectivity index (χ0) is 26.7. The topological polar surface area (TPSA) is 164 Å². The van der Waals surface area contributed by atoms with Gasteiger partial charge in [0.05, 0.1) is 53.1 Å². The Morgan fingerprint density at radius 2 is 1.79 bits per heavy atom. The molecule has 1 saturated carbocycles. The maximum absolute atomic E-state index is 13.5. The van der Waals surface area contributed by atoms with Gasteiger partial charge in [0.25, 0.3) is 11.8 Å². The number of carbonyl (C=O) groups excluding carboxylic acids is 2. The number of hydrogen-bond donors (Lipinski definition) is 4. The number of hydrogen-bond acceptors (Lipinski definition) is 10. The Hall–Kier alpha value is -4.03. The lowest BCUT2D eigenvalue weighted by molar-refractivity contribution is 0.0691. The van der Waals surface area contributed by atoms with Crippen LogP contribution in [-0.4, -0.2) is 60.6 Å². The molecule has 2 aliphatic rings. The van der Waals surface area contributed by atoms with Crippen molar-refractivity contribution >= 4 is 29.0 Å². The Labute approximate surface area is 219 Å². The Morgan fingerprint density at radius 1 is 1.03 bits per heavy atom. The molecule has 1 unspecified atom stereocenters. The highest BCUT2D eigenvalue weighted by atomic mass is 16.5. The highest BCUT2D eigenvalue weighted by Gasteiger charge is 2.29. The van der Waals surface area contributed by atoms with Crippen LogP contribution in [0.4, 0.5) is 17.2 Å². The molecule has 12 heteroatoms. The van der Waals surface area contributed by atoms with E-state index < -0.39 is 17.4 Å². The zero-order valence-electron chi connectivity index (χ0n) is 21.3. The monoisotopic (exact) mass is 518 g/mol. The minimum absolute atomic E-state index is 0.00712. The van der Waals surface area contributed by atoms with E-state index in [0.717, 1.165) is 31.4 Å². The molecule has 2 amide bonds. The second-order valence-electron chi connectivity index (χ2n) is 10.1. The summed E-state index contributed by atoms with van der Waals surface area (Å²) >= 11 is 0. The van der Waals surface area contributed by atoms with Crippen LogP contribution in [0.3, 0.4) is 0 Å². The van der Waals surface area contributed by atoms with Gasteiger partial charge in [0.15, 0.2) is 17.2 Å². The molecule has 0 bridgehead atoms. The van der Waals surface area contributed by atoms with Crippen LogP contribution in [0.2, 0.25) is 0 Å². The van der Waals surface area contributed by atoms with Gasteiger partial charge in [-0.15, -0.1) is 0 Å². The SMILES string of the molecule is CC(C)(O)CNC(=O)c1nc(C2CCCO2)ccc1NC(=O)c1nc(C2CC2)cnc1Nc1cncnc1. The molecule has 4 heterocycles. The maximum atomic E-state index is 13.5. The molecule has 0 spiro atoms. The molecule has 3 aromatic heterocycles. The van der Waals surface area contributed by atoms with Gasteiger partial charge in [-0.2, -0.15) is 0 Å². The lowest BCUT2D eigenvalue weighted by Crippen LogP contribution is -2.39. The van der Waals surface area contributed by atoms with Crippen LogP contribution in [0.1, 0.15) is 83.9 Å². The molecule has 1 aliphatic heterocycles. The smallest absolute Gasteiger partial charge is 0.278 e. The van der Waals surface area contributed by atoms with E-state index in [4.69, 9.17) is 4.74 Å². The molecule has 4 N–H and O–H groups in total. The fourth-order valence-corrected chi connectivity index (χ4v) is 4.03. The Morgan fingerprint density at radius 3 is 2.47 bits per heavy atom. The number of nitrogens with one attached hydrogen (secondary N) is 3. The van der Waals surface area contributed by atoms with Gasteiger partial charge in [-0.05, 0) is 51.7 Å². The summed E-state index contributed by atoms with van der Waals surface area (Å²) < 4.78 is 5.73. The summed E-state index contributed by atoms with van der Waals surface area (Å²) in [5.41, 5.74) is 1.07. The van der Waals surface area contributed by atoms with E-state index >= 15 is 0 Å². The van der Waals surface area contributed by atoms with E-state index in [9.17, 15) is 14.7 Å². The zero-order valence-corrected chi connectivity index (χ0v) is 21.3. The van der Waals surface area contributed by atoms with Crippen LogP contribution in [0.15, 0.2) is 37.1 Å². The van der Waals surface area contributed by atoms with Gasteiger partial charge < -0.3 is 25.8 Å². The number of amides is 2. The second kappa shape index (κ2) is 10.8. The van der Waals surface area contributed by atoms with E-state index in [0.29, 0.717) is 18.0 Å². The van der Waals surface area contributed by atoms with Crippen molar-refractivity contribution in [3.63, 3.8) is 0 Å². The molecule has 198 valence electrons. The summed E-state index contributed by atoms with van der Waals surface area (Å²) in [5.74, 6) is -0.570. The van der Waals surface area contributed by atoms with Crippen molar-refractivity contribution < 1.29 is 19.4 Å². The molecule has 1 aliphatic carbocycles. The Kier molecular flexibility index (Phi) is 7.25. The summed E-state index contributed by atoms with van der Waals surface area (Å²) in [4.78, 5) is 48.2. The number of pyridine rings is 1. The number of aromatic nitrogens is 5. The molecule has 0 aromatic carbocycles. The first kappa shape index (κ1) is 25.6. The van der Waals surface area contributed by atoms with E-state index in [1.807, 2.05) is 0 Å². The van der Waals surface area contributed by atoms with Gasteiger partial charge in [0.1, 0.15) is 6.33 Å². The van der Waals surface area contributed by atoms with Gasteiger partial charge >= 0.3 is 0 Å². The average molecular weight is 519 g/mol. The number of carbonyl (C=O) groups is 2. The summed E-state index contributed by atoms with van der Waals surface area (Å²) in [6, 6.07) is 3.38. The summed E-state index contributed by atoms with van der Waals surface area (Å²) in [7, 11) is 0. The highest BCUT2D eigenvalue weighted by molar-refractivity contribution is 6.09. The first-order chi connectivity index (χ1) is 18.3. The van der Waals surface area contributed by atoms with Crippen molar-refractivity contribution in [2.45, 2.75) is 57.2 Å². The fourth-order valence-electron chi connectivity index (χ4n) is 4.03. The second-order valence-corrected chi connectivity index (χ2v) is 10.1. The van der Waals surface area contributed by atoms with Gasteiger partial charge in [0.2, 0.25) is 0 Å². The third kappa shape index (κ3) is 6.26. The van der Waals surface area contributed by atoms with Gasteiger partial charge in [-0.25, -0.2) is 24.9 Å². The molecule has 1 atom stereocenters. The van der Waals surface area contributed by atoms with Crippen molar-refractivity contribution in [3.8, 4) is 0 Å². The number of anilines is 3. The van der Waals surface area contributed by atoms with Crippen LogP contribution >= 0.6 is 0 Å². The largest absolute Gasteiger partial charge is 0.389 e. The van der Waals surface area contributed by atoms with Crippen molar-refractivity contribution in [1.29, 1.82) is 0 Å². The summed E-state index contributed by atoms with van der Waals surface area (Å²) in [6.07, 6.45) is 9.66. The summed E-state index contributed by atoms with van der Waals surface area (Å²) in [6.45, 7) is 3.81. The van der Waals surface area contributed by atoms with Crippen molar-refractivity contribution in [2.75, 3.05) is 23.8 Å². The minimum Gasteiger partial charge on any atom is -0.389 e. The standard InChI is InChI=1S/C26H30N8O4/c1-26(2,37)13-30-24(35)21-18(8-7-17(32-21)20-4-3-9-38-20)34-25(36)22-23(31-16-10-27-14-28-11-16)29-12-19(33-22)15-5-6-15/h7-8,10-12,14-15,20,37H,3-6,9,13H2,1-2H3,(H,29,31)(H,30,35)(H,34,36). The quantitative estimate of drug-likeness (QED) is 0.331. The Balaban J connectivity index is 1.45. The van der Waals surface area contributed by atoms with Crippen LogP contribution in [0.25, 0.3) is 0 Å². The van der Waals surface area contributed by atoms with E-state index in [1.165, 1.54) is 6.33 Å². The molecule has 2 fully saturated rings. The fraction of sp³-hybridized carbons (Fsp3) is 0.423. The number of aliphatic hydroxyl groups is 1. The van der Waals surface area contributed by atoms with Crippen LogP contribution < -0.4 is 16.0 Å². The molecule has 3 aromatic rings. The third-order valence-corrected chi connectivity index (χ3v) is 6.15. The minimum atomic E-state index is -1.12. The van der Waals surface area contributed by atoms with Crippen molar-refractivity contribution in [2.24, 2.45) is 0 Å². The van der Waals surface area contributed by atoms with E-state index in [2.05, 4.69) is 40.9 Å². The average Bonchev–Trinajstić information content (AvgIpc) is 3.61. The van der Waals surface area contributed by atoms with Gasteiger partial charge in [0, 0.05) is 19.1 Å². The predicted molar refractivity (Wildman–Crippen MR) is 138 cm³/mol. The Bertz CT molecular complexity index is 1320. The number of ether oxygens (including phenoxy) is 1. The predicted octanol–water partition coefficient (Wildman–Crippen LogP) is 2.89. The van der Waals surface area contributed by atoms with Crippen molar-refractivity contribution in [1.82, 2.24) is 30.2 Å². The lowest BCUT2D eigenvalue weighted by atomic mass is 10.1. The number of rotatable bonds is 9. The van der Waals surface area contributed by atoms with Crippen molar-refractivity contribution in [3.05, 3.63) is 59.8 Å². The van der Waals surface area contributed by atoms with E-state index in [1.54, 1.807) is 44.6 Å². The molecule has 1 saturated heterocycles. The summed E-state index contributed by atoms with van der Waals surface area (Å²) in [5, 5.41) is 18.6. The van der Waals surface area contributed by atoms with Crippen LogP contribution in [0.5, 0.6) is 0 Å². The van der Waals surface area contributed by atoms with Gasteiger partial charge in [-0.3, -0.25) is 9.59 Å². The molecule has 12 nitrogen and oxygen atoms in total. The maximum Gasteiger partial charge on any atom is 0.278 e.